The zero-order valence-corrected chi connectivity index (χ0v) is 21.9. The lowest BCUT2D eigenvalue weighted by molar-refractivity contribution is -0.384. The highest BCUT2D eigenvalue weighted by atomic mass is 35.5. The van der Waals surface area contributed by atoms with E-state index in [0.29, 0.717) is 5.56 Å². The molecule has 1 fully saturated rings. The molecule has 0 aliphatic carbocycles. The predicted octanol–water partition coefficient (Wildman–Crippen LogP) is 3.21. The number of hydrogen-bond donors (Lipinski definition) is 2. The number of non-ortho nitro benzene ring substituents is 1. The van der Waals surface area contributed by atoms with Crippen LogP contribution in [0.5, 0.6) is 0 Å². The van der Waals surface area contributed by atoms with E-state index in [4.69, 9.17) is 11.6 Å². The van der Waals surface area contributed by atoms with E-state index in [0.717, 1.165) is 5.56 Å². The first-order valence-electron chi connectivity index (χ1n) is 12.1. The fourth-order valence-corrected chi connectivity index (χ4v) is 4.51. The third kappa shape index (κ3) is 6.24. The van der Waals surface area contributed by atoms with Crippen LogP contribution >= 0.6 is 11.6 Å². The van der Waals surface area contributed by atoms with Gasteiger partial charge in [0, 0.05) is 37.0 Å². The van der Waals surface area contributed by atoms with Crippen LogP contribution in [0.15, 0.2) is 66.9 Å². The second-order valence-corrected chi connectivity index (χ2v) is 9.50. The first-order chi connectivity index (χ1) is 19.0. The maximum Gasteiger partial charge on any atom is 0.305 e. The molecule has 40 heavy (non-hydrogen) atoms. The number of aromatic nitrogens is 1. The maximum atomic E-state index is 13.8. The standard InChI is InChI=1S/C27H24ClN5O7/c1-16-5-7-17(8-6-16)26(37)31-11-12-32(27(38)19-9-10-22(28)29-15-19)25(31)24(36)30-21(14-23(34)35)18-3-2-4-20(13-18)33(39)40/h2-10,13,15,21,25H,11-12,14H2,1H3,(H,30,36)(H,34,35). The van der Waals surface area contributed by atoms with Gasteiger partial charge in [0.2, 0.25) is 0 Å². The Bertz CT molecular complexity index is 1400. The molecule has 2 heterocycles. The smallest absolute Gasteiger partial charge is 0.305 e. The summed E-state index contributed by atoms with van der Waals surface area (Å²) >= 11 is 5.84. The van der Waals surface area contributed by atoms with Crippen LogP contribution in [0.2, 0.25) is 5.15 Å². The first-order valence-corrected chi connectivity index (χ1v) is 12.5. The Balaban J connectivity index is 1.69. The van der Waals surface area contributed by atoms with Gasteiger partial charge in [-0.05, 0) is 36.8 Å². The van der Waals surface area contributed by atoms with Crippen molar-refractivity contribution in [3.8, 4) is 0 Å². The van der Waals surface area contributed by atoms with Crippen molar-refractivity contribution in [2.75, 3.05) is 13.1 Å². The van der Waals surface area contributed by atoms with Crippen LogP contribution in [-0.2, 0) is 9.59 Å². The third-order valence-corrected chi connectivity index (χ3v) is 6.60. The van der Waals surface area contributed by atoms with Gasteiger partial charge in [0.15, 0.2) is 6.17 Å². The van der Waals surface area contributed by atoms with Crippen molar-refractivity contribution in [3.63, 3.8) is 0 Å². The lowest BCUT2D eigenvalue weighted by Gasteiger charge is -2.31. The Morgan fingerprint density at radius 3 is 2.25 bits per heavy atom. The number of amides is 3. The van der Waals surface area contributed by atoms with Gasteiger partial charge in [-0.25, -0.2) is 4.98 Å². The Hall–Kier alpha value is -4.84. The number of nitro groups is 1. The van der Waals surface area contributed by atoms with Crippen molar-refractivity contribution < 1.29 is 29.2 Å². The molecule has 1 saturated heterocycles. The average molecular weight is 566 g/mol. The van der Waals surface area contributed by atoms with Crippen LogP contribution in [0.4, 0.5) is 5.69 Å². The number of halogens is 1. The number of pyridine rings is 1. The Kier molecular flexibility index (Phi) is 8.39. The maximum absolute atomic E-state index is 13.8. The molecule has 206 valence electrons. The molecule has 4 rings (SSSR count). The molecule has 3 amide bonds. The molecule has 0 radical (unpaired) electrons. The number of carbonyl (C=O) groups is 4. The van der Waals surface area contributed by atoms with Crippen molar-refractivity contribution in [2.24, 2.45) is 0 Å². The average Bonchev–Trinajstić information content (AvgIpc) is 3.38. The molecule has 1 aromatic heterocycles. The number of hydrogen-bond acceptors (Lipinski definition) is 7. The minimum absolute atomic E-state index is 0.0115. The van der Waals surface area contributed by atoms with Gasteiger partial charge in [-0.3, -0.25) is 29.3 Å². The summed E-state index contributed by atoms with van der Waals surface area (Å²) in [5.41, 5.74) is 1.25. The monoisotopic (exact) mass is 565 g/mol. The molecule has 0 spiro atoms. The fourth-order valence-electron chi connectivity index (χ4n) is 4.39. The number of nitrogens with zero attached hydrogens (tertiary/aromatic N) is 4. The van der Waals surface area contributed by atoms with Crippen LogP contribution in [0.25, 0.3) is 0 Å². The highest BCUT2D eigenvalue weighted by Crippen LogP contribution is 2.25. The van der Waals surface area contributed by atoms with E-state index in [1.807, 2.05) is 6.92 Å². The highest BCUT2D eigenvalue weighted by Gasteiger charge is 2.44. The molecule has 0 saturated carbocycles. The van der Waals surface area contributed by atoms with Gasteiger partial charge in [0.25, 0.3) is 23.4 Å². The molecule has 2 atom stereocenters. The van der Waals surface area contributed by atoms with Crippen LogP contribution < -0.4 is 5.32 Å². The molecule has 2 unspecified atom stereocenters. The lowest BCUT2D eigenvalue weighted by Crippen LogP contribution is -2.54. The van der Waals surface area contributed by atoms with Crippen molar-refractivity contribution in [1.29, 1.82) is 0 Å². The van der Waals surface area contributed by atoms with E-state index in [1.165, 1.54) is 52.4 Å². The van der Waals surface area contributed by atoms with Gasteiger partial charge in [-0.2, -0.15) is 0 Å². The highest BCUT2D eigenvalue weighted by molar-refractivity contribution is 6.29. The van der Waals surface area contributed by atoms with E-state index in [-0.39, 0.29) is 35.1 Å². The van der Waals surface area contributed by atoms with Crippen LogP contribution in [0.3, 0.4) is 0 Å². The van der Waals surface area contributed by atoms with E-state index < -0.39 is 47.2 Å². The number of aliphatic carboxylic acids is 1. The summed E-state index contributed by atoms with van der Waals surface area (Å²) in [4.78, 5) is 69.3. The summed E-state index contributed by atoms with van der Waals surface area (Å²) < 4.78 is 0. The number of nitrogens with one attached hydrogen (secondary N) is 1. The Labute approximate surface area is 233 Å². The number of aryl methyl sites for hydroxylation is 1. The van der Waals surface area contributed by atoms with Gasteiger partial charge in [0.05, 0.1) is 22.9 Å². The Morgan fingerprint density at radius 2 is 1.68 bits per heavy atom. The fraction of sp³-hybridized carbons (Fsp3) is 0.222. The van der Waals surface area contributed by atoms with Crippen molar-refractivity contribution in [1.82, 2.24) is 20.1 Å². The lowest BCUT2D eigenvalue weighted by atomic mass is 10.0. The van der Waals surface area contributed by atoms with Gasteiger partial charge < -0.3 is 20.2 Å². The molecule has 0 bridgehead atoms. The van der Waals surface area contributed by atoms with E-state index in [1.54, 1.807) is 24.3 Å². The minimum Gasteiger partial charge on any atom is -0.481 e. The van der Waals surface area contributed by atoms with Crippen LogP contribution in [-0.4, -0.2) is 67.8 Å². The summed E-state index contributed by atoms with van der Waals surface area (Å²) in [5.74, 6) is -3.19. The number of nitro benzene ring substituents is 1. The SMILES string of the molecule is Cc1ccc(C(=O)N2CCN(C(=O)c3ccc(Cl)nc3)C2C(=O)NC(CC(=O)O)c2cccc([N+](=O)[O-])c2)cc1. The van der Waals surface area contributed by atoms with E-state index >= 15 is 0 Å². The number of benzene rings is 2. The Morgan fingerprint density at radius 1 is 1.05 bits per heavy atom. The van der Waals surface area contributed by atoms with E-state index in [2.05, 4.69) is 10.3 Å². The number of carbonyl (C=O) groups excluding carboxylic acids is 3. The molecule has 3 aromatic rings. The summed E-state index contributed by atoms with van der Waals surface area (Å²) in [7, 11) is 0. The first kappa shape index (κ1) is 28.2. The second-order valence-electron chi connectivity index (χ2n) is 9.12. The summed E-state index contributed by atoms with van der Waals surface area (Å²) in [6.07, 6.45) is -0.784. The van der Waals surface area contributed by atoms with Gasteiger partial charge >= 0.3 is 5.97 Å². The normalized spacial score (nSPS) is 15.4. The van der Waals surface area contributed by atoms with Gasteiger partial charge in [-0.15, -0.1) is 0 Å². The van der Waals surface area contributed by atoms with Crippen molar-refractivity contribution >= 4 is 41.0 Å². The molecule has 13 heteroatoms. The minimum atomic E-state index is -1.44. The van der Waals surface area contributed by atoms with Gasteiger partial charge in [0.1, 0.15) is 5.15 Å². The predicted molar refractivity (Wildman–Crippen MR) is 143 cm³/mol. The zero-order valence-electron chi connectivity index (χ0n) is 21.2. The second kappa shape index (κ2) is 11.9. The number of carboxylic acids is 1. The topological polar surface area (TPSA) is 163 Å². The van der Waals surface area contributed by atoms with Crippen LogP contribution in [0.1, 0.15) is 44.3 Å². The zero-order chi connectivity index (χ0) is 29.0. The molecule has 1 aliphatic rings. The summed E-state index contributed by atoms with van der Waals surface area (Å²) in [6.45, 7) is 1.90. The quantitative estimate of drug-likeness (QED) is 0.239. The largest absolute Gasteiger partial charge is 0.481 e. The van der Waals surface area contributed by atoms with Gasteiger partial charge in [-0.1, -0.05) is 41.4 Å². The van der Waals surface area contributed by atoms with Crippen molar-refractivity contribution in [2.45, 2.75) is 25.6 Å². The number of rotatable bonds is 8. The molecule has 12 nitrogen and oxygen atoms in total. The summed E-state index contributed by atoms with van der Waals surface area (Å²) in [6, 6.07) is 13.6. The van der Waals surface area contributed by atoms with Crippen LogP contribution in [0, 0.1) is 17.0 Å². The molecule has 1 aliphatic heterocycles. The molecular weight excluding hydrogens is 542 g/mol. The van der Waals surface area contributed by atoms with E-state index in [9.17, 15) is 34.4 Å². The molecule has 2 N–H and O–H groups in total. The van der Waals surface area contributed by atoms with Crippen molar-refractivity contribution in [3.05, 3.63) is 104 Å². The summed E-state index contributed by atoms with van der Waals surface area (Å²) in [5, 5.41) is 23.5. The molecular formula is C27H24ClN5O7. The third-order valence-electron chi connectivity index (χ3n) is 6.38. The number of carboxylic acid groups (broad SMARTS) is 1. The molecule has 2 aromatic carbocycles.